The second-order valence-corrected chi connectivity index (χ2v) is 4.64. The molecule has 4 rings (SSSR count). The van der Waals surface area contributed by atoms with Crippen molar-refractivity contribution in [2.24, 2.45) is 0 Å². The summed E-state index contributed by atoms with van der Waals surface area (Å²) >= 11 is 0. The van der Waals surface area contributed by atoms with E-state index in [9.17, 15) is 0 Å². The van der Waals surface area contributed by atoms with E-state index in [0.717, 1.165) is 11.0 Å². The number of hydrogen-bond donors (Lipinski definition) is 1. The topological polar surface area (TPSA) is 15.8 Å². The molecule has 18 heavy (non-hydrogen) atoms. The lowest BCUT2D eigenvalue weighted by atomic mass is 9.94. The number of nitrogens with one attached hydrogen (secondary N) is 1. The molecule has 1 nitrogen and oxygen atoms in total. The predicted octanol–water partition coefficient (Wildman–Crippen LogP) is 3.27. The summed E-state index contributed by atoms with van der Waals surface area (Å²) < 4.78 is 0. The zero-order valence-electron chi connectivity index (χ0n) is 9.77. The van der Waals surface area contributed by atoms with Gasteiger partial charge in [0.2, 0.25) is 0 Å². The van der Waals surface area contributed by atoms with E-state index in [1.165, 1.54) is 27.1 Å². The molecule has 0 aliphatic heterocycles. The van der Waals surface area contributed by atoms with Crippen LogP contribution in [-0.2, 0) is 0 Å². The van der Waals surface area contributed by atoms with Crippen molar-refractivity contribution in [2.45, 2.75) is 0 Å². The third-order valence-corrected chi connectivity index (χ3v) is 3.52. The fourth-order valence-corrected chi connectivity index (χ4v) is 2.66. The Morgan fingerprint density at radius 1 is 0.778 bits per heavy atom. The molecule has 0 saturated carbocycles. The maximum Gasteiger partial charge on any atom is 0.113 e. The van der Waals surface area contributed by atoms with Crippen molar-refractivity contribution in [3.63, 3.8) is 0 Å². The summed E-state index contributed by atoms with van der Waals surface area (Å²) in [6, 6.07) is 18.7. The number of aromatic amines is 1. The average Bonchev–Trinajstić information content (AvgIpc) is 2.77. The summed E-state index contributed by atoms with van der Waals surface area (Å²) in [5.74, 6) is 0. The number of fused-ring (bicyclic) bond motifs is 5. The predicted molar refractivity (Wildman–Crippen MR) is 78.7 cm³/mol. The lowest BCUT2D eigenvalue weighted by molar-refractivity contribution is 1.57. The highest BCUT2D eigenvalue weighted by molar-refractivity contribution is 6.34. The number of aromatic nitrogens is 1. The van der Waals surface area contributed by atoms with Gasteiger partial charge in [0, 0.05) is 21.7 Å². The molecule has 1 aromatic heterocycles. The van der Waals surface area contributed by atoms with Gasteiger partial charge in [0.15, 0.2) is 0 Å². The Labute approximate surface area is 106 Å². The highest BCUT2D eigenvalue weighted by Gasteiger charge is 2.06. The Bertz CT molecular complexity index is 889. The van der Waals surface area contributed by atoms with Crippen LogP contribution in [-0.4, -0.2) is 12.8 Å². The molecule has 3 aromatic carbocycles. The number of hydrogen-bond acceptors (Lipinski definition) is 0. The molecule has 0 saturated heterocycles. The summed E-state index contributed by atoms with van der Waals surface area (Å²) in [4.78, 5) is 3.49. The number of rotatable bonds is 0. The molecule has 4 aromatic rings. The van der Waals surface area contributed by atoms with Gasteiger partial charge in [0.05, 0.1) is 5.52 Å². The van der Waals surface area contributed by atoms with Crippen molar-refractivity contribution in [1.29, 1.82) is 0 Å². The first-order valence-electron chi connectivity index (χ1n) is 6.01. The largest absolute Gasteiger partial charge is 0.354 e. The van der Waals surface area contributed by atoms with Crippen LogP contribution < -0.4 is 5.46 Å². The Morgan fingerprint density at radius 3 is 2.61 bits per heavy atom. The molecular formula is C16H10BN. The first kappa shape index (κ1) is 9.78. The SMILES string of the molecule is [B]c1ccc2[nH]c3c4ccccc4ccc3c2c1. The molecule has 0 bridgehead atoms. The normalized spacial score (nSPS) is 11.6. The maximum absolute atomic E-state index is 5.87. The molecular weight excluding hydrogens is 217 g/mol. The van der Waals surface area contributed by atoms with Gasteiger partial charge in [-0.3, -0.25) is 0 Å². The quantitative estimate of drug-likeness (QED) is 0.444. The summed E-state index contributed by atoms with van der Waals surface area (Å²) in [6.45, 7) is 0. The highest BCUT2D eigenvalue weighted by Crippen LogP contribution is 2.30. The van der Waals surface area contributed by atoms with Crippen LogP contribution in [0.3, 0.4) is 0 Å². The van der Waals surface area contributed by atoms with Crippen LogP contribution in [0.5, 0.6) is 0 Å². The van der Waals surface area contributed by atoms with Gasteiger partial charge >= 0.3 is 0 Å². The Hall–Kier alpha value is -2.22. The van der Waals surface area contributed by atoms with Gasteiger partial charge in [0.25, 0.3) is 0 Å². The minimum Gasteiger partial charge on any atom is -0.354 e. The monoisotopic (exact) mass is 227 g/mol. The summed E-state index contributed by atoms with van der Waals surface area (Å²) in [6.07, 6.45) is 0. The number of benzene rings is 3. The second-order valence-electron chi connectivity index (χ2n) is 4.64. The summed E-state index contributed by atoms with van der Waals surface area (Å²) in [5.41, 5.74) is 3.13. The molecule has 82 valence electrons. The van der Waals surface area contributed by atoms with Crippen LogP contribution in [0.15, 0.2) is 54.6 Å². The minimum absolute atomic E-state index is 0.802. The van der Waals surface area contributed by atoms with Crippen molar-refractivity contribution in [2.75, 3.05) is 0 Å². The molecule has 1 N–H and O–H groups in total. The Kier molecular flexibility index (Phi) is 1.84. The molecule has 0 amide bonds. The van der Waals surface area contributed by atoms with E-state index in [1.807, 2.05) is 18.2 Å². The van der Waals surface area contributed by atoms with Gasteiger partial charge in [-0.2, -0.15) is 0 Å². The first-order valence-corrected chi connectivity index (χ1v) is 6.01. The number of H-pyrrole nitrogens is 1. The lowest BCUT2D eigenvalue weighted by Crippen LogP contribution is -1.98. The third-order valence-electron chi connectivity index (χ3n) is 3.52. The van der Waals surface area contributed by atoms with E-state index < -0.39 is 0 Å². The second kappa shape index (κ2) is 3.39. The highest BCUT2D eigenvalue weighted by atomic mass is 14.7. The Balaban J connectivity index is 2.30. The van der Waals surface area contributed by atoms with Crippen LogP contribution in [0.4, 0.5) is 0 Å². The van der Waals surface area contributed by atoms with Crippen LogP contribution >= 0.6 is 0 Å². The molecule has 0 atom stereocenters. The minimum atomic E-state index is 0.802. The van der Waals surface area contributed by atoms with Gasteiger partial charge in [-0.25, -0.2) is 0 Å². The maximum atomic E-state index is 5.87. The third kappa shape index (κ3) is 1.23. The van der Waals surface area contributed by atoms with Crippen LogP contribution in [0, 0.1) is 0 Å². The van der Waals surface area contributed by atoms with E-state index in [-0.39, 0.29) is 0 Å². The molecule has 0 spiro atoms. The van der Waals surface area contributed by atoms with E-state index in [0.29, 0.717) is 0 Å². The zero-order chi connectivity index (χ0) is 12.1. The molecule has 2 heteroatoms. The van der Waals surface area contributed by atoms with Gasteiger partial charge in [0.1, 0.15) is 7.85 Å². The van der Waals surface area contributed by atoms with E-state index in [1.54, 1.807) is 0 Å². The van der Waals surface area contributed by atoms with E-state index in [4.69, 9.17) is 7.85 Å². The van der Waals surface area contributed by atoms with E-state index in [2.05, 4.69) is 41.4 Å². The van der Waals surface area contributed by atoms with Crippen molar-refractivity contribution in [1.82, 2.24) is 4.98 Å². The van der Waals surface area contributed by atoms with Crippen molar-refractivity contribution >= 4 is 45.9 Å². The molecule has 0 unspecified atom stereocenters. The lowest BCUT2D eigenvalue weighted by Gasteiger charge is -1.98. The summed E-state index contributed by atoms with van der Waals surface area (Å²) in [5, 5.41) is 4.93. The smallest absolute Gasteiger partial charge is 0.113 e. The van der Waals surface area contributed by atoms with Gasteiger partial charge < -0.3 is 4.98 Å². The molecule has 0 fully saturated rings. The van der Waals surface area contributed by atoms with E-state index >= 15 is 0 Å². The first-order chi connectivity index (χ1) is 8.83. The van der Waals surface area contributed by atoms with Gasteiger partial charge in [-0.15, -0.1) is 0 Å². The molecule has 2 radical (unpaired) electrons. The van der Waals surface area contributed by atoms with Crippen molar-refractivity contribution in [3.8, 4) is 0 Å². The van der Waals surface area contributed by atoms with Crippen LogP contribution in [0.2, 0.25) is 0 Å². The zero-order valence-corrected chi connectivity index (χ0v) is 9.77. The molecule has 0 aliphatic carbocycles. The van der Waals surface area contributed by atoms with Crippen molar-refractivity contribution < 1.29 is 0 Å². The molecule has 0 aliphatic rings. The summed E-state index contributed by atoms with van der Waals surface area (Å²) in [7, 11) is 5.87. The van der Waals surface area contributed by atoms with Crippen LogP contribution in [0.1, 0.15) is 0 Å². The molecule has 1 heterocycles. The fraction of sp³-hybridized carbons (Fsp3) is 0. The Morgan fingerprint density at radius 2 is 1.67 bits per heavy atom. The van der Waals surface area contributed by atoms with Crippen LogP contribution in [0.25, 0.3) is 32.6 Å². The van der Waals surface area contributed by atoms with Gasteiger partial charge in [-0.05, 0) is 11.5 Å². The van der Waals surface area contributed by atoms with Crippen molar-refractivity contribution in [3.05, 3.63) is 54.6 Å². The van der Waals surface area contributed by atoms with Gasteiger partial charge in [-0.1, -0.05) is 54.0 Å². The average molecular weight is 227 g/mol. The standard InChI is InChI=1S/C16H10BN/c17-11-6-8-15-14(9-11)13-7-5-10-3-1-2-4-12(10)16(13)18-15/h1-9,18H. The fourth-order valence-electron chi connectivity index (χ4n) is 2.66.